The molecule has 7 nitrogen and oxygen atoms in total. The number of aromatic nitrogens is 4. The molecule has 0 radical (unpaired) electrons. The van der Waals surface area contributed by atoms with E-state index in [1.807, 2.05) is 29.2 Å². The lowest BCUT2D eigenvalue weighted by molar-refractivity contribution is -0.144. The number of tetrazole rings is 1. The molecule has 1 amide bonds. The summed E-state index contributed by atoms with van der Waals surface area (Å²) in [6, 6.07) is 3.87. The van der Waals surface area contributed by atoms with Crippen LogP contribution in [-0.2, 0) is 16.6 Å². The van der Waals surface area contributed by atoms with Crippen molar-refractivity contribution in [2.45, 2.75) is 24.7 Å². The van der Waals surface area contributed by atoms with Crippen LogP contribution in [0.4, 0.5) is 0 Å². The number of likely N-dealkylation sites (tertiary alicyclic amines) is 1. The molecule has 0 atom stereocenters. The molecule has 0 saturated carbocycles. The third-order valence-corrected chi connectivity index (χ3v) is 4.60. The zero-order valence-corrected chi connectivity index (χ0v) is 12.1. The van der Waals surface area contributed by atoms with E-state index in [2.05, 4.69) is 20.6 Å². The van der Waals surface area contributed by atoms with Gasteiger partial charge in [-0.25, -0.2) is 0 Å². The van der Waals surface area contributed by atoms with Gasteiger partial charge in [-0.2, -0.15) is 5.21 Å². The lowest BCUT2D eigenvalue weighted by atomic mass is 9.80. The largest absolute Gasteiger partial charge is 0.469 e. The summed E-state index contributed by atoms with van der Waals surface area (Å²) in [5, 5.41) is 14.2. The highest BCUT2D eigenvalue weighted by atomic mass is 16.3. The Morgan fingerprint density at radius 2 is 2.23 bits per heavy atom. The van der Waals surface area contributed by atoms with Gasteiger partial charge in [0.05, 0.1) is 6.26 Å². The topological polar surface area (TPSA) is 87.9 Å². The molecule has 114 valence electrons. The van der Waals surface area contributed by atoms with Crippen molar-refractivity contribution in [1.29, 1.82) is 0 Å². The molecule has 7 heteroatoms. The molecule has 1 fully saturated rings. The molecule has 4 rings (SSSR count). The fraction of sp³-hybridized carbons (Fsp3) is 0.467. The summed E-state index contributed by atoms with van der Waals surface area (Å²) in [6.45, 7) is 1.53. The third-order valence-electron chi connectivity index (χ3n) is 4.60. The minimum Gasteiger partial charge on any atom is -0.469 e. The minimum absolute atomic E-state index is 0.106. The summed E-state index contributed by atoms with van der Waals surface area (Å²) in [7, 11) is 0. The Balaban J connectivity index is 1.44. The van der Waals surface area contributed by atoms with Gasteiger partial charge in [0, 0.05) is 25.4 Å². The van der Waals surface area contributed by atoms with Crippen molar-refractivity contribution in [3.8, 4) is 0 Å². The van der Waals surface area contributed by atoms with Crippen molar-refractivity contribution >= 4 is 5.91 Å². The molecule has 0 bridgehead atoms. The van der Waals surface area contributed by atoms with Gasteiger partial charge in [0.2, 0.25) is 5.91 Å². The zero-order chi connectivity index (χ0) is 15.0. The van der Waals surface area contributed by atoms with Crippen LogP contribution in [0.2, 0.25) is 0 Å². The number of carbonyl (C=O) groups is 1. The second-order valence-corrected chi connectivity index (χ2v) is 6.06. The van der Waals surface area contributed by atoms with E-state index in [-0.39, 0.29) is 5.91 Å². The fourth-order valence-electron chi connectivity index (χ4n) is 3.35. The first-order valence-electron chi connectivity index (χ1n) is 7.49. The number of nitrogens with zero attached hydrogens (tertiary/aromatic N) is 4. The normalized spacial score (nSPS) is 20.3. The Morgan fingerprint density at radius 3 is 2.86 bits per heavy atom. The predicted octanol–water partition coefficient (Wildman–Crippen LogP) is 1.08. The average Bonchev–Trinajstić information content (AvgIpc) is 3.23. The smallest absolute Gasteiger partial charge is 0.237 e. The van der Waals surface area contributed by atoms with Crippen molar-refractivity contribution in [3.05, 3.63) is 42.1 Å². The highest BCUT2D eigenvalue weighted by molar-refractivity contribution is 5.89. The molecule has 22 heavy (non-hydrogen) atoms. The van der Waals surface area contributed by atoms with Crippen LogP contribution < -0.4 is 0 Å². The molecule has 1 N–H and O–H groups in total. The van der Waals surface area contributed by atoms with Gasteiger partial charge in [-0.05, 0) is 25.0 Å². The van der Waals surface area contributed by atoms with E-state index in [9.17, 15) is 4.79 Å². The first-order chi connectivity index (χ1) is 10.8. The van der Waals surface area contributed by atoms with E-state index >= 15 is 0 Å². The molecular weight excluding hydrogens is 282 g/mol. The van der Waals surface area contributed by atoms with Crippen molar-refractivity contribution in [3.63, 3.8) is 0 Å². The Morgan fingerprint density at radius 1 is 1.41 bits per heavy atom. The predicted molar refractivity (Wildman–Crippen MR) is 76.7 cm³/mol. The Labute approximate surface area is 127 Å². The lowest BCUT2D eigenvalue weighted by Crippen LogP contribution is -2.57. The number of rotatable bonds is 4. The fourth-order valence-corrected chi connectivity index (χ4v) is 3.35. The van der Waals surface area contributed by atoms with Crippen LogP contribution in [0.25, 0.3) is 0 Å². The molecule has 1 saturated heterocycles. The van der Waals surface area contributed by atoms with Gasteiger partial charge in [-0.3, -0.25) is 4.79 Å². The summed E-state index contributed by atoms with van der Waals surface area (Å²) < 4.78 is 5.37. The molecule has 2 aromatic heterocycles. The molecule has 0 aromatic carbocycles. The van der Waals surface area contributed by atoms with Crippen LogP contribution in [0.3, 0.4) is 0 Å². The van der Waals surface area contributed by atoms with Crippen LogP contribution in [0, 0.1) is 5.92 Å². The summed E-state index contributed by atoms with van der Waals surface area (Å²) >= 11 is 0. The van der Waals surface area contributed by atoms with Gasteiger partial charge in [-0.1, -0.05) is 17.4 Å². The van der Waals surface area contributed by atoms with E-state index in [1.54, 1.807) is 6.26 Å². The van der Waals surface area contributed by atoms with E-state index in [0.717, 1.165) is 25.3 Å². The molecular formula is C15H17N5O2. The van der Waals surface area contributed by atoms with Crippen LogP contribution >= 0.6 is 0 Å². The maximum atomic E-state index is 12.9. The highest BCUT2D eigenvalue weighted by Gasteiger charge is 2.49. The number of nitrogens with one attached hydrogen (secondary N) is 1. The summed E-state index contributed by atoms with van der Waals surface area (Å²) in [6.07, 6.45) is 7.90. The SMILES string of the molecule is O=C(N1CC(Cc2ccco2)C1)C1(c2nn[nH]n2)CC=CC1. The number of H-pyrrole nitrogens is 1. The number of carbonyl (C=O) groups excluding carboxylic acids is 1. The van der Waals surface area contributed by atoms with Crippen LogP contribution in [0.15, 0.2) is 35.0 Å². The quantitative estimate of drug-likeness (QED) is 0.854. The molecule has 2 aromatic rings. The standard InChI is InChI=1S/C15H17N5O2/c21-14(15(5-1-2-6-15)13-16-18-19-17-13)20-9-11(10-20)8-12-4-3-7-22-12/h1-4,7,11H,5-6,8-10H2,(H,16,17,18,19). The number of allylic oxidation sites excluding steroid dienone is 2. The zero-order valence-electron chi connectivity index (χ0n) is 12.1. The molecule has 1 aliphatic carbocycles. The lowest BCUT2D eigenvalue weighted by Gasteiger charge is -2.43. The highest BCUT2D eigenvalue weighted by Crippen LogP contribution is 2.38. The van der Waals surface area contributed by atoms with Gasteiger partial charge in [0.15, 0.2) is 5.82 Å². The Bertz CT molecular complexity index is 663. The van der Waals surface area contributed by atoms with Crippen molar-refractivity contribution in [2.75, 3.05) is 13.1 Å². The molecule has 0 unspecified atom stereocenters. The minimum atomic E-state index is -0.664. The van der Waals surface area contributed by atoms with E-state index < -0.39 is 5.41 Å². The molecule has 1 aliphatic heterocycles. The first-order valence-corrected chi connectivity index (χ1v) is 7.49. The maximum Gasteiger partial charge on any atom is 0.237 e. The summed E-state index contributed by atoms with van der Waals surface area (Å²) in [5.74, 6) is 2.05. The maximum absolute atomic E-state index is 12.9. The van der Waals surface area contributed by atoms with Gasteiger partial charge >= 0.3 is 0 Å². The molecule has 3 heterocycles. The monoisotopic (exact) mass is 299 g/mol. The second kappa shape index (κ2) is 5.08. The van der Waals surface area contributed by atoms with Crippen molar-refractivity contribution in [2.24, 2.45) is 5.92 Å². The van der Waals surface area contributed by atoms with E-state index in [0.29, 0.717) is 24.6 Å². The van der Waals surface area contributed by atoms with Crippen LogP contribution in [0.1, 0.15) is 24.4 Å². The van der Waals surface area contributed by atoms with Gasteiger partial charge < -0.3 is 9.32 Å². The number of hydrogen-bond acceptors (Lipinski definition) is 5. The summed E-state index contributed by atoms with van der Waals surface area (Å²) in [4.78, 5) is 14.8. The van der Waals surface area contributed by atoms with E-state index in [4.69, 9.17) is 4.42 Å². The summed E-state index contributed by atoms with van der Waals surface area (Å²) in [5.41, 5.74) is -0.664. The number of amides is 1. The van der Waals surface area contributed by atoms with Crippen LogP contribution in [0.5, 0.6) is 0 Å². The Hall–Kier alpha value is -2.44. The second-order valence-electron chi connectivity index (χ2n) is 6.06. The molecule has 0 spiro atoms. The van der Waals surface area contributed by atoms with Crippen molar-refractivity contribution < 1.29 is 9.21 Å². The van der Waals surface area contributed by atoms with Gasteiger partial charge in [-0.15, -0.1) is 10.2 Å². The number of furan rings is 1. The van der Waals surface area contributed by atoms with Crippen LogP contribution in [-0.4, -0.2) is 44.5 Å². The average molecular weight is 299 g/mol. The molecule has 2 aliphatic rings. The van der Waals surface area contributed by atoms with Gasteiger partial charge in [0.25, 0.3) is 0 Å². The Kier molecular flexibility index (Phi) is 3.06. The van der Waals surface area contributed by atoms with Gasteiger partial charge in [0.1, 0.15) is 11.2 Å². The number of aromatic amines is 1. The first kappa shape index (κ1) is 13.2. The van der Waals surface area contributed by atoms with Crippen molar-refractivity contribution in [1.82, 2.24) is 25.5 Å². The van der Waals surface area contributed by atoms with E-state index in [1.165, 1.54) is 0 Å². The number of hydrogen-bond donors (Lipinski definition) is 1. The third kappa shape index (κ3) is 2.04.